The Hall–Kier alpha value is -1.22. The summed E-state index contributed by atoms with van der Waals surface area (Å²) in [5.74, 6) is 2.65. The first-order chi connectivity index (χ1) is 7.83. The van der Waals surface area contributed by atoms with E-state index in [1.54, 1.807) is 0 Å². The molecule has 1 aromatic carbocycles. The van der Waals surface area contributed by atoms with Crippen molar-refractivity contribution in [3.63, 3.8) is 0 Å². The van der Waals surface area contributed by atoms with Crippen molar-refractivity contribution in [2.75, 3.05) is 13.3 Å². The summed E-state index contributed by atoms with van der Waals surface area (Å²) < 4.78 is 10.7. The molecule has 0 aromatic heterocycles. The van der Waals surface area contributed by atoms with Crippen LogP contribution in [0.3, 0.4) is 0 Å². The molecule has 2 aliphatic rings. The predicted molar refractivity (Wildman–Crippen MR) is 61.7 cm³/mol. The molecule has 3 rings (SSSR count). The number of hydrogen-bond donors (Lipinski definition) is 1. The van der Waals surface area contributed by atoms with Gasteiger partial charge in [0.05, 0.1) is 0 Å². The fraction of sp³-hybridized carbons (Fsp3) is 0.538. The Morgan fingerprint density at radius 2 is 2.12 bits per heavy atom. The summed E-state index contributed by atoms with van der Waals surface area (Å²) in [5, 5.41) is 3.56. The molecular weight excluding hydrogens is 202 g/mol. The van der Waals surface area contributed by atoms with E-state index in [0.717, 1.165) is 24.0 Å². The number of hydrogen-bond acceptors (Lipinski definition) is 3. The van der Waals surface area contributed by atoms with Gasteiger partial charge in [-0.05, 0) is 49.9 Å². The molecule has 1 aromatic rings. The lowest BCUT2D eigenvalue weighted by molar-refractivity contribution is 0.174. The van der Waals surface area contributed by atoms with Crippen LogP contribution in [-0.4, -0.2) is 13.3 Å². The normalized spacial score (nSPS) is 19.8. The van der Waals surface area contributed by atoms with Gasteiger partial charge >= 0.3 is 0 Å². The lowest BCUT2D eigenvalue weighted by atomic mass is 10.1. The molecule has 1 heterocycles. The van der Waals surface area contributed by atoms with E-state index in [4.69, 9.17) is 9.47 Å². The number of fused-ring (bicyclic) bond motifs is 1. The maximum atomic E-state index is 5.38. The molecule has 1 unspecified atom stereocenters. The van der Waals surface area contributed by atoms with Gasteiger partial charge in [0.15, 0.2) is 11.5 Å². The van der Waals surface area contributed by atoms with Crippen LogP contribution in [0.4, 0.5) is 0 Å². The largest absolute Gasteiger partial charge is 0.454 e. The van der Waals surface area contributed by atoms with E-state index >= 15 is 0 Å². The third kappa shape index (κ3) is 2.00. The maximum absolute atomic E-state index is 5.38. The Morgan fingerprint density at radius 3 is 2.94 bits per heavy atom. The summed E-state index contributed by atoms with van der Waals surface area (Å²) in [6.07, 6.45) is 2.78. The lowest BCUT2D eigenvalue weighted by Crippen LogP contribution is -2.20. The van der Waals surface area contributed by atoms with Crippen LogP contribution in [0, 0.1) is 5.92 Å². The van der Waals surface area contributed by atoms with Gasteiger partial charge in [0.2, 0.25) is 6.79 Å². The number of nitrogens with one attached hydrogen (secondary N) is 1. The van der Waals surface area contributed by atoms with Crippen LogP contribution >= 0.6 is 0 Å². The number of benzene rings is 1. The van der Waals surface area contributed by atoms with E-state index < -0.39 is 0 Å². The molecular formula is C13H17NO2. The van der Waals surface area contributed by atoms with Crippen LogP contribution in [0.5, 0.6) is 11.5 Å². The number of ether oxygens (including phenoxy) is 2. The molecule has 86 valence electrons. The van der Waals surface area contributed by atoms with Crippen molar-refractivity contribution in [3.8, 4) is 11.5 Å². The second kappa shape index (κ2) is 3.98. The predicted octanol–water partition coefficient (Wildman–Crippen LogP) is 2.48. The highest BCUT2D eigenvalue weighted by Crippen LogP contribution is 2.34. The first kappa shape index (κ1) is 9.97. The average molecular weight is 219 g/mol. The summed E-state index contributed by atoms with van der Waals surface area (Å²) >= 11 is 0. The van der Waals surface area contributed by atoms with Gasteiger partial charge in [0.25, 0.3) is 0 Å². The van der Waals surface area contributed by atoms with Crippen molar-refractivity contribution in [2.45, 2.75) is 25.8 Å². The second-order valence-electron chi connectivity index (χ2n) is 4.69. The summed E-state index contributed by atoms with van der Waals surface area (Å²) in [6.45, 7) is 3.68. The van der Waals surface area contributed by atoms with Gasteiger partial charge in [-0.3, -0.25) is 0 Å². The minimum Gasteiger partial charge on any atom is -0.454 e. The highest BCUT2D eigenvalue weighted by atomic mass is 16.7. The summed E-state index contributed by atoms with van der Waals surface area (Å²) in [7, 11) is 0. The second-order valence-corrected chi connectivity index (χ2v) is 4.69. The summed E-state index contributed by atoms with van der Waals surface area (Å²) in [5.41, 5.74) is 1.27. The highest BCUT2D eigenvalue weighted by Gasteiger charge is 2.22. The molecule has 0 spiro atoms. The van der Waals surface area contributed by atoms with Crippen LogP contribution < -0.4 is 14.8 Å². The van der Waals surface area contributed by atoms with E-state index in [2.05, 4.69) is 24.4 Å². The smallest absolute Gasteiger partial charge is 0.231 e. The van der Waals surface area contributed by atoms with E-state index in [1.165, 1.54) is 18.4 Å². The van der Waals surface area contributed by atoms with Gasteiger partial charge in [0.1, 0.15) is 0 Å². The van der Waals surface area contributed by atoms with E-state index in [9.17, 15) is 0 Å². The summed E-state index contributed by atoms with van der Waals surface area (Å²) in [6, 6.07) is 6.56. The third-order valence-corrected chi connectivity index (χ3v) is 3.31. The van der Waals surface area contributed by atoms with E-state index in [-0.39, 0.29) is 0 Å². The molecule has 1 saturated carbocycles. The van der Waals surface area contributed by atoms with Crippen molar-refractivity contribution in [3.05, 3.63) is 23.8 Å². The molecule has 1 fully saturated rings. The van der Waals surface area contributed by atoms with Crippen LogP contribution in [0.2, 0.25) is 0 Å². The number of rotatable bonds is 4. The van der Waals surface area contributed by atoms with Gasteiger partial charge in [-0.1, -0.05) is 6.07 Å². The SMILES string of the molecule is CC(NCC1CC1)c1ccc2c(c1)OCO2. The molecule has 0 amide bonds. The highest BCUT2D eigenvalue weighted by molar-refractivity contribution is 5.45. The maximum Gasteiger partial charge on any atom is 0.231 e. The minimum atomic E-state index is 0.350. The zero-order chi connectivity index (χ0) is 11.0. The van der Waals surface area contributed by atoms with Crippen LogP contribution in [0.15, 0.2) is 18.2 Å². The molecule has 3 nitrogen and oxygen atoms in total. The van der Waals surface area contributed by atoms with Gasteiger partial charge in [-0.15, -0.1) is 0 Å². The fourth-order valence-corrected chi connectivity index (χ4v) is 1.97. The Bertz CT molecular complexity index is 388. The van der Waals surface area contributed by atoms with Gasteiger partial charge < -0.3 is 14.8 Å². The minimum absolute atomic E-state index is 0.350. The lowest BCUT2D eigenvalue weighted by Gasteiger charge is -2.14. The molecule has 1 aliphatic carbocycles. The molecule has 1 aliphatic heterocycles. The van der Waals surface area contributed by atoms with E-state index in [1.807, 2.05) is 6.07 Å². The Labute approximate surface area is 95.8 Å². The summed E-state index contributed by atoms with van der Waals surface area (Å²) in [4.78, 5) is 0. The topological polar surface area (TPSA) is 30.5 Å². The third-order valence-electron chi connectivity index (χ3n) is 3.31. The quantitative estimate of drug-likeness (QED) is 0.843. The van der Waals surface area contributed by atoms with Gasteiger partial charge in [0, 0.05) is 6.04 Å². The molecule has 0 saturated heterocycles. The van der Waals surface area contributed by atoms with Crippen molar-refractivity contribution in [1.29, 1.82) is 0 Å². The van der Waals surface area contributed by atoms with Crippen LogP contribution in [-0.2, 0) is 0 Å². The molecule has 1 N–H and O–H groups in total. The van der Waals surface area contributed by atoms with Gasteiger partial charge in [-0.2, -0.15) is 0 Å². The van der Waals surface area contributed by atoms with Crippen LogP contribution in [0.1, 0.15) is 31.4 Å². The molecule has 3 heteroatoms. The average Bonchev–Trinajstić information content (AvgIpc) is 3.01. The Balaban J connectivity index is 1.67. The first-order valence-corrected chi connectivity index (χ1v) is 5.96. The van der Waals surface area contributed by atoms with Crippen LogP contribution in [0.25, 0.3) is 0 Å². The van der Waals surface area contributed by atoms with E-state index in [0.29, 0.717) is 12.8 Å². The standard InChI is InChI=1S/C13H17NO2/c1-9(14-7-10-2-3-10)11-4-5-12-13(6-11)16-8-15-12/h4-6,9-10,14H,2-3,7-8H2,1H3. The molecule has 16 heavy (non-hydrogen) atoms. The first-order valence-electron chi connectivity index (χ1n) is 5.96. The molecule has 1 atom stereocenters. The monoisotopic (exact) mass is 219 g/mol. The molecule has 0 bridgehead atoms. The zero-order valence-corrected chi connectivity index (χ0v) is 9.53. The van der Waals surface area contributed by atoms with Crippen molar-refractivity contribution in [1.82, 2.24) is 5.32 Å². The Morgan fingerprint density at radius 1 is 1.31 bits per heavy atom. The zero-order valence-electron chi connectivity index (χ0n) is 9.53. The van der Waals surface area contributed by atoms with Crippen molar-refractivity contribution >= 4 is 0 Å². The van der Waals surface area contributed by atoms with Crippen molar-refractivity contribution in [2.24, 2.45) is 5.92 Å². The fourth-order valence-electron chi connectivity index (χ4n) is 1.97. The van der Waals surface area contributed by atoms with Gasteiger partial charge in [-0.25, -0.2) is 0 Å². The Kier molecular flexibility index (Phi) is 2.48. The van der Waals surface area contributed by atoms with Crippen molar-refractivity contribution < 1.29 is 9.47 Å². The molecule has 0 radical (unpaired) electrons.